The summed E-state index contributed by atoms with van der Waals surface area (Å²) in [4.78, 5) is 22.5. The van der Waals surface area contributed by atoms with Crippen molar-refractivity contribution in [3.05, 3.63) is 28.8 Å². The number of benzene rings is 1. The molecule has 1 rings (SSSR count). The molecule has 0 radical (unpaired) electrons. The molecule has 0 aromatic heterocycles. The molecule has 0 atom stereocenters. The summed E-state index contributed by atoms with van der Waals surface area (Å²) in [6, 6.07) is 3.25. The van der Waals surface area contributed by atoms with E-state index in [4.69, 9.17) is 4.43 Å². The molecule has 0 aliphatic carbocycles. The minimum Gasteiger partial charge on any atom is -0.546 e. The fourth-order valence-corrected chi connectivity index (χ4v) is 2.61. The summed E-state index contributed by atoms with van der Waals surface area (Å²) in [5.74, 6) is -0.812. The van der Waals surface area contributed by atoms with Crippen LogP contribution in [-0.2, 0) is 6.42 Å². The van der Waals surface area contributed by atoms with Crippen molar-refractivity contribution in [1.82, 2.24) is 0 Å². The fraction of sp³-hybridized carbons (Fsp3) is 0.429. The lowest BCUT2D eigenvalue weighted by Crippen LogP contribution is -2.16. The molecular weight excluding hydrogens is 260 g/mol. The van der Waals surface area contributed by atoms with Gasteiger partial charge in [-0.1, -0.05) is 19.4 Å². The van der Waals surface area contributed by atoms with Crippen molar-refractivity contribution in [2.45, 2.75) is 39.3 Å². The number of hydrogen-bond donors (Lipinski definition) is 1. The number of rotatable bonds is 7. The number of aryl methyl sites for hydroxylation is 1. The van der Waals surface area contributed by atoms with Crippen LogP contribution in [0.1, 0.15) is 46.0 Å². The Morgan fingerprint density at radius 1 is 1.42 bits per heavy atom. The highest BCUT2D eigenvalue weighted by Gasteiger charge is 2.19. The summed E-state index contributed by atoms with van der Waals surface area (Å²) in [7, 11) is -1.48. The van der Waals surface area contributed by atoms with Crippen molar-refractivity contribution in [3.8, 4) is 5.75 Å². The SMILES string of the molecule is CCCCc1ccc(C(=O)O)c(O[SiH](C)C)c1C=O. The maximum Gasteiger partial charge on any atom is 0.339 e. The second kappa shape index (κ2) is 7.09. The minimum atomic E-state index is -1.48. The molecule has 19 heavy (non-hydrogen) atoms. The van der Waals surface area contributed by atoms with Gasteiger partial charge < -0.3 is 9.53 Å². The van der Waals surface area contributed by atoms with Gasteiger partial charge in [0.2, 0.25) is 9.04 Å². The van der Waals surface area contributed by atoms with Gasteiger partial charge in [0.05, 0.1) is 5.56 Å². The van der Waals surface area contributed by atoms with Gasteiger partial charge in [0, 0.05) is 0 Å². The first kappa shape index (κ1) is 15.4. The van der Waals surface area contributed by atoms with Crippen molar-refractivity contribution in [3.63, 3.8) is 0 Å². The highest BCUT2D eigenvalue weighted by Crippen LogP contribution is 2.28. The van der Waals surface area contributed by atoms with E-state index in [0.717, 1.165) is 24.8 Å². The van der Waals surface area contributed by atoms with Crippen LogP contribution in [0, 0.1) is 0 Å². The third-order valence-electron chi connectivity index (χ3n) is 2.79. The van der Waals surface area contributed by atoms with Crippen molar-refractivity contribution < 1.29 is 19.1 Å². The van der Waals surface area contributed by atoms with E-state index in [1.807, 2.05) is 13.1 Å². The van der Waals surface area contributed by atoms with E-state index >= 15 is 0 Å². The number of carboxylic acids is 1. The molecule has 1 aromatic rings. The van der Waals surface area contributed by atoms with Crippen LogP contribution in [0.3, 0.4) is 0 Å². The molecular formula is C14H20O4Si. The van der Waals surface area contributed by atoms with Crippen molar-refractivity contribution in [1.29, 1.82) is 0 Å². The Hall–Kier alpha value is -1.62. The quantitative estimate of drug-likeness (QED) is 0.616. The first-order chi connectivity index (χ1) is 9.01. The molecule has 0 saturated heterocycles. The molecule has 4 nitrogen and oxygen atoms in total. The maximum atomic E-state index is 11.3. The number of carboxylic acid groups (broad SMARTS) is 1. The molecule has 1 aromatic carbocycles. The molecule has 0 heterocycles. The van der Waals surface area contributed by atoms with Gasteiger partial charge in [0.15, 0.2) is 6.29 Å². The van der Waals surface area contributed by atoms with E-state index in [1.54, 1.807) is 6.07 Å². The van der Waals surface area contributed by atoms with E-state index in [-0.39, 0.29) is 11.3 Å². The van der Waals surface area contributed by atoms with Crippen molar-refractivity contribution >= 4 is 21.3 Å². The van der Waals surface area contributed by atoms with Gasteiger partial charge in [-0.2, -0.15) is 0 Å². The molecule has 0 amide bonds. The van der Waals surface area contributed by atoms with E-state index in [9.17, 15) is 14.7 Å². The zero-order valence-corrected chi connectivity index (χ0v) is 12.8. The fourth-order valence-electron chi connectivity index (χ4n) is 1.89. The van der Waals surface area contributed by atoms with Crippen LogP contribution >= 0.6 is 0 Å². The monoisotopic (exact) mass is 280 g/mol. The Bertz CT molecular complexity index is 469. The third kappa shape index (κ3) is 3.92. The lowest BCUT2D eigenvalue weighted by molar-refractivity contribution is 0.0695. The molecule has 0 unspecified atom stereocenters. The first-order valence-electron chi connectivity index (χ1n) is 6.52. The number of aromatic carboxylic acids is 1. The van der Waals surface area contributed by atoms with Crippen LogP contribution in [-0.4, -0.2) is 26.4 Å². The zero-order chi connectivity index (χ0) is 14.4. The van der Waals surface area contributed by atoms with Gasteiger partial charge >= 0.3 is 5.97 Å². The first-order valence-corrected chi connectivity index (χ1v) is 9.30. The molecule has 0 saturated carbocycles. The molecule has 1 N–H and O–H groups in total. The Kier molecular flexibility index (Phi) is 5.76. The third-order valence-corrected chi connectivity index (χ3v) is 3.49. The van der Waals surface area contributed by atoms with Crippen LogP contribution in [0.25, 0.3) is 0 Å². The normalized spacial score (nSPS) is 10.5. The predicted molar refractivity (Wildman–Crippen MR) is 76.9 cm³/mol. The topological polar surface area (TPSA) is 63.6 Å². The summed E-state index contributed by atoms with van der Waals surface area (Å²) >= 11 is 0. The van der Waals surface area contributed by atoms with E-state index in [0.29, 0.717) is 11.8 Å². The van der Waals surface area contributed by atoms with Gasteiger partial charge in [-0.25, -0.2) is 4.79 Å². The summed E-state index contributed by atoms with van der Waals surface area (Å²) in [6.45, 7) is 5.96. The second-order valence-electron chi connectivity index (χ2n) is 4.71. The molecule has 104 valence electrons. The van der Waals surface area contributed by atoms with Gasteiger partial charge in [0.25, 0.3) is 0 Å². The van der Waals surface area contributed by atoms with Crippen LogP contribution in [0.5, 0.6) is 5.75 Å². The summed E-state index contributed by atoms with van der Waals surface area (Å²) in [5.41, 5.74) is 1.34. The Balaban J connectivity index is 3.31. The van der Waals surface area contributed by atoms with Crippen LogP contribution < -0.4 is 4.43 Å². The highest BCUT2D eigenvalue weighted by atomic mass is 28.3. The van der Waals surface area contributed by atoms with Crippen LogP contribution in [0.15, 0.2) is 12.1 Å². The summed E-state index contributed by atoms with van der Waals surface area (Å²) in [5, 5.41) is 9.18. The average molecular weight is 280 g/mol. The second-order valence-corrected chi connectivity index (χ2v) is 7.04. The standard InChI is InChI=1S/C14H20O4Si/c1-4-5-6-10-7-8-11(14(16)17)13(12(10)9-15)18-19(2)3/h7-9,19H,4-6H2,1-3H3,(H,16,17). The smallest absolute Gasteiger partial charge is 0.339 e. The number of hydrogen-bond acceptors (Lipinski definition) is 3. The zero-order valence-electron chi connectivity index (χ0n) is 11.6. The Morgan fingerprint density at radius 2 is 2.11 bits per heavy atom. The Labute approximate surface area is 115 Å². The summed E-state index contributed by atoms with van der Waals surface area (Å²) < 4.78 is 5.68. The van der Waals surface area contributed by atoms with Gasteiger partial charge in [-0.3, -0.25) is 4.79 Å². The van der Waals surface area contributed by atoms with Crippen molar-refractivity contribution in [2.24, 2.45) is 0 Å². The predicted octanol–water partition coefficient (Wildman–Crippen LogP) is 2.90. The number of aldehydes is 1. The van der Waals surface area contributed by atoms with Crippen LogP contribution in [0.4, 0.5) is 0 Å². The molecule has 0 aliphatic heterocycles. The van der Waals surface area contributed by atoms with Gasteiger partial charge in [-0.15, -0.1) is 0 Å². The molecule has 0 aliphatic rings. The van der Waals surface area contributed by atoms with E-state index < -0.39 is 15.0 Å². The lowest BCUT2D eigenvalue weighted by Gasteiger charge is -2.17. The lowest BCUT2D eigenvalue weighted by atomic mass is 9.99. The molecule has 0 bridgehead atoms. The van der Waals surface area contributed by atoms with Crippen LogP contribution in [0.2, 0.25) is 13.1 Å². The van der Waals surface area contributed by atoms with Gasteiger partial charge in [0.1, 0.15) is 11.3 Å². The number of unbranched alkanes of at least 4 members (excludes halogenated alkanes) is 1. The summed E-state index contributed by atoms with van der Waals surface area (Å²) in [6.07, 6.45) is 3.46. The van der Waals surface area contributed by atoms with E-state index in [1.165, 1.54) is 6.07 Å². The van der Waals surface area contributed by atoms with Gasteiger partial charge in [-0.05, 0) is 37.6 Å². The number of carbonyl (C=O) groups excluding carboxylic acids is 1. The largest absolute Gasteiger partial charge is 0.546 e. The molecule has 5 heteroatoms. The average Bonchev–Trinajstić information content (AvgIpc) is 2.35. The maximum absolute atomic E-state index is 11.3. The molecule has 0 spiro atoms. The minimum absolute atomic E-state index is 0.0727. The Morgan fingerprint density at radius 3 is 2.58 bits per heavy atom. The molecule has 0 fully saturated rings. The highest BCUT2D eigenvalue weighted by molar-refractivity contribution is 6.49. The number of carbonyl (C=O) groups is 2. The van der Waals surface area contributed by atoms with E-state index in [2.05, 4.69) is 6.92 Å². The van der Waals surface area contributed by atoms with Crippen molar-refractivity contribution in [2.75, 3.05) is 0 Å².